The van der Waals surface area contributed by atoms with Crippen molar-refractivity contribution in [3.05, 3.63) is 0 Å². The van der Waals surface area contributed by atoms with Crippen LogP contribution in [0.5, 0.6) is 0 Å². The second-order valence-corrected chi connectivity index (χ2v) is 6.70. The molecule has 0 aromatic rings. The van der Waals surface area contributed by atoms with Gasteiger partial charge in [-0.3, -0.25) is 4.79 Å². The van der Waals surface area contributed by atoms with Crippen molar-refractivity contribution in [2.45, 2.75) is 72.6 Å². The highest BCUT2D eigenvalue weighted by molar-refractivity contribution is 5.85. The van der Waals surface area contributed by atoms with Crippen molar-refractivity contribution in [1.29, 1.82) is 0 Å². The van der Waals surface area contributed by atoms with Crippen LogP contribution in [0.1, 0.15) is 54.4 Å². The normalized spacial score (nSPS) is 26.2. The Hall–Kier alpha value is -0.320. The van der Waals surface area contributed by atoms with E-state index in [1.165, 1.54) is 0 Å². The molecule has 1 fully saturated rings. The highest BCUT2D eigenvalue weighted by atomic mass is 35.5. The second kappa shape index (κ2) is 8.35. The lowest BCUT2D eigenvalue weighted by Gasteiger charge is -2.56. The standard InChI is InChI=1S/C16H32N2O2.ClH/c1-7-9-18(15(19)11(3)12(4)17)13-10-14(20-8-2)16(13,5)6;/h11-14H,7-10,17H2,1-6H3;1H. The van der Waals surface area contributed by atoms with E-state index < -0.39 is 0 Å². The van der Waals surface area contributed by atoms with Crippen molar-refractivity contribution in [1.82, 2.24) is 4.90 Å². The lowest BCUT2D eigenvalue weighted by molar-refractivity contribution is -0.170. The van der Waals surface area contributed by atoms with Crippen molar-refractivity contribution < 1.29 is 9.53 Å². The summed E-state index contributed by atoms with van der Waals surface area (Å²) in [6.07, 6.45) is 2.18. The Bertz CT molecular complexity index is 334. The molecule has 1 saturated carbocycles. The Labute approximate surface area is 136 Å². The molecule has 1 rings (SSSR count). The quantitative estimate of drug-likeness (QED) is 0.784. The molecule has 21 heavy (non-hydrogen) atoms. The van der Waals surface area contributed by atoms with E-state index in [0.717, 1.165) is 26.0 Å². The molecule has 4 unspecified atom stereocenters. The van der Waals surface area contributed by atoms with Gasteiger partial charge in [-0.25, -0.2) is 0 Å². The zero-order valence-corrected chi connectivity index (χ0v) is 15.2. The third kappa shape index (κ3) is 4.33. The third-order valence-corrected chi connectivity index (χ3v) is 4.80. The minimum absolute atomic E-state index is 0. The van der Waals surface area contributed by atoms with Gasteiger partial charge in [-0.05, 0) is 26.7 Å². The molecule has 2 N–H and O–H groups in total. The first-order valence-electron chi connectivity index (χ1n) is 7.94. The van der Waals surface area contributed by atoms with Gasteiger partial charge in [0.25, 0.3) is 0 Å². The fourth-order valence-corrected chi connectivity index (χ4v) is 3.02. The van der Waals surface area contributed by atoms with Crippen molar-refractivity contribution in [3.8, 4) is 0 Å². The largest absolute Gasteiger partial charge is 0.378 e. The maximum Gasteiger partial charge on any atom is 0.227 e. The number of ether oxygens (including phenoxy) is 1. The summed E-state index contributed by atoms with van der Waals surface area (Å²) in [5.41, 5.74) is 5.93. The Morgan fingerprint density at radius 2 is 1.95 bits per heavy atom. The Kier molecular flexibility index (Phi) is 8.22. The molecular formula is C16H33ClN2O2. The third-order valence-electron chi connectivity index (χ3n) is 4.80. The number of hydrogen-bond acceptors (Lipinski definition) is 3. The zero-order chi connectivity index (χ0) is 15.5. The molecule has 4 nitrogen and oxygen atoms in total. The van der Waals surface area contributed by atoms with Crippen LogP contribution in [0.4, 0.5) is 0 Å². The van der Waals surface area contributed by atoms with Crippen LogP contribution < -0.4 is 5.73 Å². The molecule has 0 aliphatic heterocycles. The first kappa shape index (κ1) is 20.7. The Morgan fingerprint density at radius 3 is 2.33 bits per heavy atom. The molecule has 0 spiro atoms. The van der Waals surface area contributed by atoms with E-state index in [-0.39, 0.29) is 47.8 Å². The van der Waals surface area contributed by atoms with Gasteiger partial charge in [0, 0.05) is 30.7 Å². The summed E-state index contributed by atoms with van der Waals surface area (Å²) < 4.78 is 5.78. The molecular weight excluding hydrogens is 288 g/mol. The van der Waals surface area contributed by atoms with Gasteiger partial charge >= 0.3 is 0 Å². The van der Waals surface area contributed by atoms with Gasteiger partial charge in [-0.1, -0.05) is 27.7 Å². The van der Waals surface area contributed by atoms with Crippen LogP contribution in [0.3, 0.4) is 0 Å². The highest BCUT2D eigenvalue weighted by Gasteiger charge is 2.52. The smallest absolute Gasteiger partial charge is 0.227 e. The summed E-state index contributed by atoms with van der Waals surface area (Å²) >= 11 is 0. The van der Waals surface area contributed by atoms with E-state index >= 15 is 0 Å². The number of nitrogens with two attached hydrogens (primary N) is 1. The Morgan fingerprint density at radius 1 is 1.38 bits per heavy atom. The number of halogens is 1. The summed E-state index contributed by atoms with van der Waals surface area (Å²) in [5, 5.41) is 0. The monoisotopic (exact) mass is 320 g/mol. The number of carbonyl (C=O) groups is 1. The van der Waals surface area contributed by atoms with Crippen LogP contribution in [-0.4, -0.2) is 42.1 Å². The van der Waals surface area contributed by atoms with E-state index in [4.69, 9.17) is 10.5 Å². The van der Waals surface area contributed by atoms with Crippen LogP contribution in [0.15, 0.2) is 0 Å². The molecule has 0 aromatic carbocycles. The molecule has 1 aliphatic carbocycles. The first-order chi connectivity index (χ1) is 9.27. The maximum absolute atomic E-state index is 12.7. The minimum atomic E-state index is -0.122. The van der Waals surface area contributed by atoms with Gasteiger partial charge in [0.2, 0.25) is 5.91 Å². The number of hydrogen-bond donors (Lipinski definition) is 1. The van der Waals surface area contributed by atoms with Crippen LogP contribution in [-0.2, 0) is 9.53 Å². The van der Waals surface area contributed by atoms with Gasteiger partial charge in [0.1, 0.15) is 0 Å². The highest BCUT2D eigenvalue weighted by Crippen LogP contribution is 2.46. The Balaban J connectivity index is 0.00000400. The van der Waals surface area contributed by atoms with Crippen molar-refractivity contribution >= 4 is 18.3 Å². The first-order valence-corrected chi connectivity index (χ1v) is 7.94. The number of nitrogens with zero attached hydrogens (tertiary/aromatic N) is 1. The molecule has 0 aromatic heterocycles. The van der Waals surface area contributed by atoms with Gasteiger partial charge in [-0.15, -0.1) is 12.4 Å². The average molecular weight is 321 g/mol. The summed E-state index contributed by atoms with van der Waals surface area (Å²) in [7, 11) is 0. The molecule has 0 heterocycles. The summed E-state index contributed by atoms with van der Waals surface area (Å²) in [6, 6.07) is 0.167. The van der Waals surface area contributed by atoms with Crippen LogP contribution >= 0.6 is 12.4 Å². The topological polar surface area (TPSA) is 55.6 Å². The molecule has 1 amide bonds. The number of amides is 1. The predicted octanol–water partition coefficient (Wildman–Crippen LogP) is 2.83. The van der Waals surface area contributed by atoms with Gasteiger partial charge in [0.05, 0.1) is 12.0 Å². The van der Waals surface area contributed by atoms with Crippen LogP contribution in [0.25, 0.3) is 0 Å². The van der Waals surface area contributed by atoms with E-state index in [9.17, 15) is 4.79 Å². The lowest BCUT2D eigenvalue weighted by atomic mass is 9.63. The fraction of sp³-hybridized carbons (Fsp3) is 0.938. The van der Waals surface area contributed by atoms with E-state index in [1.807, 2.05) is 25.7 Å². The summed E-state index contributed by atoms with van der Waals surface area (Å²) in [4.78, 5) is 14.7. The minimum Gasteiger partial charge on any atom is -0.378 e. The SMILES string of the molecule is CCCN(C(=O)C(C)C(C)N)C1CC(OCC)C1(C)C.Cl. The molecule has 4 atom stereocenters. The number of rotatable bonds is 7. The van der Waals surface area contributed by atoms with Crippen molar-refractivity contribution in [2.24, 2.45) is 17.1 Å². The van der Waals surface area contributed by atoms with Crippen molar-refractivity contribution in [3.63, 3.8) is 0 Å². The zero-order valence-electron chi connectivity index (χ0n) is 14.4. The second-order valence-electron chi connectivity index (χ2n) is 6.70. The predicted molar refractivity (Wildman–Crippen MR) is 89.7 cm³/mol. The summed E-state index contributed by atoms with van der Waals surface area (Å²) in [5.74, 6) is 0.0679. The molecule has 126 valence electrons. The van der Waals surface area contributed by atoms with Gasteiger partial charge in [0.15, 0.2) is 0 Å². The van der Waals surface area contributed by atoms with E-state index in [1.54, 1.807) is 0 Å². The van der Waals surface area contributed by atoms with Crippen LogP contribution in [0.2, 0.25) is 0 Å². The van der Waals surface area contributed by atoms with Crippen molar-refractivity contribution in [2.75, 3.05) is 13.2 Å². The molecule has 1 aliphatic rings. The number of carbonyl (C=O) groups excluding carboxylic acids is 1. The van der Waals surface area contributed by atoms with Gasteiger partial charge < -0.3 is 15.4 Å². The van der Waals surface area contributed by atoms with E-state index in [2.05, 4.69) is 20.8 Å². The molecule has 0 bridgehead atoms. The molecule has 0 radical (unpaired) electrons. The fourth-order valence-electron chi connectivity index (χ4n) is 3.02. The van der Waals surface area contributed by atoms with E-state index in [0.29, 0.717) is 0 Å². The molecule has 0 saturated heterocycles. The van der Waals surface area contributed by atoms with Gasteiger partial charge in [-0.2, -0.15) is 0 Å². The maximum atomic E-state index is 12.7. The average Bonchev–Trinajstić information content (AvgIpc) is 2.39. The molecule has 5 heteroatoms. The van der Waals surface area contributed by atoms with Crippen LogP contribution in [0, 0.1) is 11.3 Å². The summed E-state index contributed by atoms with van der Waals surface area (Å²) in [6.45, 7) is 13.9. The lowest BCUT2D eigenvalue weighted by Crippen LogP contribution is -2.64.